The second kappa shape index (κ2) is 8.78. The van der Waals surface area contributed by atoms with Crippen LogP contribution in [-0.4, -0.2) is 79.6 Å². The normalized spacial score (nSPS) is 35.9. The van der Waals surface area contributed by atoms with Crippen molar-refractivity contribution in [1.29, 1.82) is 0 Å². The lowest BCUT2D eigenvalue weighted by Crippen LogP contribution is -2.65. The summed E-state index contributed by atoms with van der Waals surface area (Å²) in [4.78, 5) is 22.5. The van der Waals surface area contributed by atoms with Gasteiger partial charge in [0.2, 0.25) is 5.91 Å². The van der Waals surface area contributed by atoms with Gasteiger partial charge in [0.05, 0.1) is 24.1 Å². The molecule has 0 bridgehead atoms. The second-order valence-corrected chi connectivity index (χ2v) is 9.97. The molecule has 1 saturated carbocycles. The van der Waals surface area contributed by atoms with Gasteiger partial charge in [0.25, 0.3) is 0 Å². The first-order valence-electron chi connectivity index (χ1n) is 12.5. The van der Waals surface area contributed by atoms with E-state index in [1.54, 1.807) is 0 Å². The first kappa shape index (κ1) is 20.7. The van der Waals surface area contributed by atoms with Gasteiger partial charge >= 0.3 is 0 Å². The molecule has 0 radical (unpaired) electrons. The highest BCUT2D eigenvalue weighted by Crippen LogP contribution is 2.43. The third kappa shape index (κ3) is 3.75. The van der Waals surface area contributed by atoms with Crippen LogP contribution in [0.1, 0.15) is 32.1 Å². The van der Waals surface area contributed by atoms with Crippen LogP contribution in [0.2, 0.25) is 0 Å². The monoisotopic (exact) mass is 440 g/mol. The average molecular weight is 441 g/mol. The van der Waals surface area contributed by atoms with E-state index in [1.807, 2.05) is 6.20 Å². The number of rotatable bonds is 4. The number of likely N-dealkylation sites (tertiary alicyclic amines) is 1. The van der Waals surface area contributed by atoms with E-state index in [0.717, 1.165) is 51.5 Å². The molecule has 0 spiro atoms. The van der Waals surface area contributed by atoms with E-state index < -0.39 is 0 Å². The summed E-state index contributed by atoms with van der Waals surface area (Å²) in [6.45, 7) is 5.83. The van der Waals surface area contributed by atoms with E-state index in [9.17, 15) is 4.79 Å². The number of nitrogens with one attached hydrogen (secondary N) is 5. The summed E-state index contributed by atoms with van der Waals surface area (Å²) < 4.78 is 0. The van der Waals surface area contributed by atoms with Crippen molar-refractivity contribution in [3.8, 4) is 0 Å². The Kier molecular flexibility index (Phi) is 5.66. The Bertz CT molecular complexity index is 807. The molecule has 5 unspecified atom stereocenters. The van der Waals surface area contributed by atoms with Crippen LogP contribution < -0.4 is 31.5 Å². The molecule has 0 aromatic carbocycles. The van der Waals surface area contributed by atoms with Crippen LogP contribution in [0.5, 0.6) is 0 Å². The van der Waals surface area contributed by atoms with E-state index >= 15 is 0 Å². The molecule has 1 aromatic heterocycles. The number of hydrogen-bond acceptors (Lipinski definition) is 8. The summed E-state index contributed by atoms with van der Waals surface area (Å²) in [5, 5.41) is 17.5. The fourth-order valence-electron chi connectivity index (χ4n) is 6.69. The Morgan fingerprint density at radius 2 is 1.88 bits per heavy atom. The molecule has 5 N–H and O–H groups in total. The molecule has 4 saturated heterocycles. The van der Waals surface area contributed by atoms with E-state index in [1.165, 1.54) is 31.4 Å². The molecule has 5 heterocycles. The number of pyridine rings is 1. The SMILES string of the molecule is O=C1NCCC2C3CNC(Nc4ccc(N5CCNCC5)cn4)NC3N(C3CCCC3)C12. The number of piperazine rings is 1. The van der Waals surface area contributed by atoms with Crippen molar-refractivity contribution in [1.82, 2.24) is 31.2 Å². The minimum atomic E-state index is -0.0547. The summed E-state index contributed by atoms with van der Waals surface area (Å²) >= 11 is 0. The quantitative estimate of drug-likeness (QED) is 0.450. The molecule has 5 atom stereocenters. The molecule has 5 fully saturated rings. The number of anilines is 2. The van der Waals surface area contributed by atoms with Gasteiger partial charge in [0.1, 0.15) is 12.1 Å². The molecule has 4 aliphatic heterocycles. The Morgan fingerprint density at radius 3 is 2.66 bits per heavy atom. The largest absolute Gasteiger partial charge is 0.368 e. The van der Waals surface area contributed by atoms with Gasteiger partial charge in [-0.2, -0.15) is 0 Å². The van der Waals surface area contributed by atoms with Crippen LogP contribution in [0, 0.1) is 11.8 Å². The van der Waals surface area contributed by atoms with Crippen molar-refractivity contribution in [3.05, 3.63) is 18.3 Å². The maximum atomic E-state index is 12.9. The number of piperidine rings is 1. The first-order chi connectivity index (χ1) is 15.8. The minimum absolute atomic E-state index is 0.0198. The molecule has 9 nitrogen and oxygen atoms in total. The number of hydrogen-bond donors (Lipinski definition) is 5. The highest BCUT2D eigenvalue weighted by molar-refractivity contribution is 5.83. The lowest BCUT2D eigenvalue weighted by molar-refractivity contribution is -0.130. The van der Waals surface area contributed by atoms with Crippen molar-refractivity contribution < 1.29 is 4.79 Å². The predicted octanol–water partition coefficient (Wildman–Crippen LogP) is 0.0847. The molecule has 1 aliphatic carbocycles. The van der Waals surface area contributed by atoms with Gasteiger partial charge in [0.15, 0.2) is 0 Å². The molecule has 6 rings (SSSR count). The fraction of sp³-hybridized carbons (Fsp3) is 0.739. The summed E-state index contributed by atoms with van der Waals surface area (Å²) in [5.41, 5.74) is 1.18. The lowest BCUT2D eigenvalue weighted by atomic mass is 9.83. The first-order valence-corrected chi connectivity index (χ1v) is 12.5. The van der Waals surface area contributed by atoms with Crippen molar-refractivity contribution in [3.63, 3.8) is 0 Å². The average Bonchev–Trinajstić information content (AvgIpc) is 3.47. The molecular weight excluding hydrogens is 404 g/mol. The number of carbonyl (C=O) groups excluding carboxylic acids is 1. The molecule has 32 heavy (non-hydrogen) atoms. The number of nitrogens with zero attached hydrogens (tertiary/aromatic N) is 3. The van der Waals surface area contributed by atoms with Gasteiger partial charge in [0, 0.05) is 51.2 Å². The molecule has 174 valence electrons. The van der Waals surface area contributed by atoms with Crippen molar-refractivity contribution in [2.75, 3.05) is 49.5 Å². The highest BCUT2D eigenvalue weighted by atomic mass is 16.2. The van der Waals surface area contributed by atoms with Crippen molar-refractivity contribution in [2.24, 2.45) is 11.8 Å². The van der Waals surface area contributed by atoms with Crippen LogP contribution in [-0.2, 0) is 4.79 Å². The lowest BCUT2D eigenvalue weighted by Gasteiger charge is -2.41. The van der Waals surface area contributed by atoms with Crippen LogP contribution in [0.25, 0.3) is 0 Å². The predicted molar refractivity (Wildman–Crippen MR) is 124 cm³/mol. The van der Waals surface area contributed by atoms with Crippen LogP contribution in [0.3, 0.4) is 0 Å². The third-order valence-electron chi connectivity index (χ3n) is 8.21. The Labute approximate surface area is 190 Å². The highest BCUT2D eigenvalue weighted by Gasteiger charge is 2.56. The summed E-state index contributed by atoms with van der Waals surface area (Å²) in [5.74, 6) is 2.01. The van der Waals surface area contributed by atoms with Gasteiger partial charge in [-0.3, -0.25) is 20.3 Å². The summed E-state index contributed by atoms with van der Waals surface area (Å²) in [6.07, 6.45) is 8.21. The maximum absolute atomic E-state index is 12.9. The maximum Gasteiger partial charge on any atom is 0.237 e. The van der Waals surface area contributed by atoms with Crippen molar-refractivity contribution in [2.45, 2.75) is 56.6 Å². The smallest absolute Gasteiger partial charge is 0.237 e. The van der Waals surface area contributed by atoms with Crippen LogP contribution in [0.15, 0.2) is 18.3 Å². The molecule has 1 amide bonds. The van der Waals surface area contributed by atoms with E-state index in [0.29, 0.717) is 17.9 Å². The minimum Gasteiger partial charge on any atom is -0.368 e. The van der Waals surface area contributed by atoms with Crippen molar-refractivity contribution >= 4 is 17.4 Å². The fourth-order valence-corrected chi connectivity index (χ4v) is 6.69. The van der Waals surface area contributed by atoms with Crippen LogP contribution in [0.4, 0.5) is 11.5 Å². The van der Waals surface area contributed by atoms with E-state index in [-0.39, 0.29) is 24.4 Å². The van der Waals surface area contributed by atoms with Gasteiger partial charge in [-0.15, -0.1) is 0 Å². The van der Waals surface area contributed by atoms with E-state index in [4.69, 9.17) is 0 Å². The molecule has 5 aliphatic rings. The van der Waals surface area contributed by atoms with Crippen LogP contribution >= 0.6 is 0 Å². The second-order valence-electron chi connectivity index (χ2n) is 9.97. The van der Waals surface area contributed by atoms with Gasteiger partial charge < -0.3 is 20.9 Å². The standard InChI is InChI=1S/C23H36N8O/c32-22-20-17(7-8-25-22)18-14-27-23(29-21(18)31(20)15-3-1-2-4-15)28-19-6-5-16(13-26-19)30-11-9-24-10-12-30/h5-6,13,15,17-18,20-21,23-24,27,29H,1-4,7-12,14H2,(H,25,32)(H,26,28). The number of carbonyl (C=O) groups is 1. The molecular formula is C23H36N8O. The molecule has 1 aromatic rings. The number of aromatic nitrogens is 1. The topological polar surface area (TPSA) is 96.6 Å². The van der Waals surface area contributed by atoms with E-state index in [2.05, 4.69) is 53.5 Å². The van der Waals surface area contributed by atoms with Gasteiger partial charge in [-0.25, -0.2) is 4.98 Å². The molecule has 9 heteroatoms. The Balaban J connectivity index is 1.16. The number of amides is 1. The zero-order chi connectivity index (χ0) is 21.5. The van der Waals surface area contributed by atoms with Gasteiger partial charge in [-0.1, -0.05) is 12.8 Å². The number of fused-ring (bicyclic) bond motifs is 3. The third-order valence-corrected chi connectivity index (χ3v) is 8.21. The Hall–Kier alpha value is -1.94. The Morgan fingerprint density at radius 1 is 1.03 bits per heavy atom. The summed E-state index contributed by atoms with van der Waals surface area (Å²) in [7, 11) is 0. The van der Waals surface area contributed by atoms with Gasteiger partial charge in [-0.05, 0) is 37.3 Å². The zero-order valence-corrected chi connectivity index (χ0v) is 18.7. The zero-order valence-electron chi connectivity index (χ0n) is 18.7. The summed E-state index contributed by atoms with van der Waals surface area (Å²) in [6, 6.07) is 4.77.